The Bertz CT molecular complexity index is 1040. The van der Waals surface area contributed by atoms with Gasteiger partial charge in [0.25, 0.3) is 0 Å². The van der Waals surface area contributed by atoms with Gasteiger partial charge >= 0.3 is 68.2 Å². The number of alkyl halides is 1. The maximum atomic E-state index is 12.5. The second-order valence-corrected chi connectivity index (χ2v) is 14.1. The molecule has 1 aliphatic heterocycles. The molecule has 32 heavy (non-hydrogen) atoms. The first-order valence-corrected chi connectivity index (χ1v) is 14.3. The number of carbonyl (C=O) groups excluding carboxylic acids is 1. The van der Waals surface area contributed by atoms with Gasteiger partial charge in [-0.05, 0) is 36.4 Å². The summed E-state index contributed by atoms with van der Waals surface area (Å²) in [5.41, 5.74) is 0. The average molecular weight is 532 g/mol. The predicted molar refractivity (Wildman–Crippen MR) is 109 cm³/mol. The van der Waals surface area contributed by atoms with E-state index in [1.165, 1.54) is 14.7 Å². The molecule has 2 nitrogen and oxygen atoms in total. The fourth-order valence-electron chi connectivity index (χ4n) is 2.86. The molecular formula is C22H15AsF6O2S. The normalized spacial score (nSPS) is 22.0. The molecule has 0 radical (unpaired) electrons. The summed E-state index contributed by atoms with van der Waals surface area (Å²) in [5, 5.41) is 9.68. The third kappa shape index (κ3) is 3.95. The minimum absolute atomic E-state index is 0.0146. The third-order valence-corrected chi connectivity index (χ3v) is 11.4. The van der Waals surface area contributed by atoms with Gasteiger partial charge in [-0.1, -0.05) is 54.6 Å². The van der Waals surface area contributed by atoms with E-state index in [1.807, 2.05) is 0 Å². The Kier molecular flexibility index (Phi) is 6.54. The van der Waals surface area contributed by atoms with Crippen LogP contribution in [0.2, 0.25) is 0 Å². The maximum Gasteiger partial charge on any atom is 0.166 e. The maximum absolute atomic E-state index is 12.5. The van der Waals surface area contributed by atoms with Crippen molar-refractivity contribution in [3.8, 4) is 0 Å². The standard InChI is InChI=1S/C18H15S.C4HAsF6O2/c1-4-10-16(11-5-1)19(17-12-6-2-7-13-17)18-14-8-3-9-15-18;6-1-2(7)5(9,10,11)4(1,8)3(12)13/h1-15H;(H,12,13)/q+1;/p-1. The molecule has 0 saturated heterocycles. The predicted octanol–water partition coefficient (Wildman–Crippen LogP) is 5.27. The van der Waals surface area contributed by atoms with Gasteiger partial charge in [-0.3, -0.25) is 0 Å². The van der Waals surface area contributed by atoms with Gasteiger partial charge in [-0.15, -0.1) is 0 Å². The van der Waals surface area contributed by atoms with Gasteiger partial charge in [0.15, 0.2) is 14.7 Å². The molecule has 3 aromatic rings. The molecule has 0 aromatic heterocycles. The minimum atomic E-state index is -8.96. The van der Waals surface area contributed by atoms with Crippen molar-refractivity contribution in [2.45, 2.75) is 19.1 Å². The molecule has 0 bridgehead atoms. The van der Waals surface area contributed by atoms with Gasteiger partial charge in [0.1, 0.15) is 0 Å². The number of carbonyl (C=O) groups is 1. The largest absolute Gasteiger partial charge is 0.166 e. The summed E-state index contributed by atoms with van der Waals surface area (Å²) in [6, 6.07) is 32.2. The molecule has 10 heteroatoms. The van der Waals surface area contributed by atoms with Gasteiger partial charge in [-0.25, -0.2) is 0 Å². The van der Waals surface area contributed by atoms with E-state index in [1.54, 1.807) is 0 Å². The summed E-state index contributed by atoms with van der Waals surface area (Å²) < 4.78 is 64.5. The molecular weight excluding hydrogens is 517 g/mol. The topological polar surface area (TPSA) is 40.1 Å². The van der Waals surface area contributed by atoms with Crippen molar-refractivity contribution in [2.75, 3.05) is 0 Å². The van der Waals surface area contributed by atoms with E-state index in [2.05, 4.69) is 91.0 Å². The number of hydrogen-bond donors (Lipinski definition) is 0. The molecule has 3 aromatic carbocycles. The molecule has 1 heterocycles. The molecule has 0 fully saturated rings. The van der Waals surface area contributed by atoms with Gasteiger partial charge in [-0.2, -0.15) is 0 Å². The smallest absolute Gasteiger partial charge is 0.0619 e. The number of carboxylic acid groups (broad SMARTS) is 1. The van der Waals surface area contributed by atoms with Crippen LogP contribution in [-0.4, -0.2) is 24.3 Å². The Morgan fingerprint density at radius 2 is 1.03 bits per heavy atom. The molecule has 1 atom stereocenters. The minimum Gasteiger partial charge on any atom is -0.0619 e. The van der Waals surface area contributed by atoms with E-state index in [0.29, 0.717) is 0 Å². The third-order valence-electron chi connectivity index (χ3n) is 4.50. The van der Waals surface area contributed by atoms with Gasteiger partial charge in [0.2, 0.25) is 0 Å². The molecule has 1 aliphatic rings. The molecule has 0 spiro atoms. The van der Waals surface area contributed by atoms with Crippen molar-refractivity contribution in [1.82, 2.24) is 0 Å². The first-order valence-electron chi connectivity index (χ1n) is 9.02. The van der Waals surface area contributed by atoms with E-state index >= 15 is 0 Å². The quantitative estimate of drug-likeness (QED) is 0.261. The Labute approximate surface area is 184 Å². The molecule has 4 rings (SSSR count). The summed E-state index contributed by atoms with van der Waals surface area (Å²) in [7, 11) is -0.0146. The van der Waals surface area contributed by atoms with Crippen LogP contribution in [0, 0.1) is 0 Å². The first kappa shape index (κ1) is 24.0. The number of benzene rings is 3. The number of aliphatic carboxylic acids is 1. The van der Waals surface area contributed by atoms with Crippen LogP contribution >= 0.6 is 0 Å². The van der Waals surface area contributed by atoms with Crippen LogP contribution < -0.4 is 5.11 Å². The van der Waals surface area contributed by atoms with Crippen LogP contribution in [0.3, 0.4) is 0 Å². The molecule has 0 N–H and O–H groups in total. The average Bonchev–Trinajstić information content (AvgIpc) is 2.79. The van der Waals surface area contributed by atoms with E-state index in [-0.39, 0.29) is 10.9 Å². The second-order valence-electron chi connectivity index (χ2n) is 6.57. The number of halogens is 6. The van der Waals surface area contributed by atoms with Gasteiger partial charge in [0.05, 0.1) is 10.9 Å². The zero-order valence-corrected chi connectivity index (χ0v) is 18.8. The Balaban J connectivity index is 0.000000195. The zero-order valence-electron chi connectivity index (χ0n) is 16.1. The summed E-state index contributed by atoms with van der Waals surface area (Å²) in [6.07, 6.45) is 0. The summed E-state index contributed by atoms with van der Waals surface area (Å²) in [5.74, 6) is -6.24. The Morgan fingerprint density at radius 1 is 0.719 bits per heavy atom. The molecule has 0 saturated carbocycles. The van der Waals surface area contributed by atoms with Gasteiger partial charge < -0.3 is 0 Å². The molecule has 0 amide bonds. The summed E-state index contributed by atoms with van der Waals surface area (Å²) >= 11 is -8.96. The van der Waals surface area contributed by atoms with Crippen molar-refractivity contribution in [3.63, 3.8) is 0 Å². The SMILES string of the molecule is O=C([O-])C1(F)C(F)=C(F)[As]1(F)(F)F.c1ccc([S+](c2ccccc2)c2ccccc2)cc1. The fraction of sp³-hybridized carbons (Fsp3) is 0.0455. The van der Waals surface area contributed by atoms with Crippen LogP contribution in [0.25, 0.3) is 0 Å². The first-order chi connectivity index (χ1) is 15.0. The fourth-order valence-corrected chi connectivity index (χ4v) is 7.68. The molecule has 0 aliphatic carbocycles. The van der Waals surface area contributed by atoms with Crippen molar-refractivity contribution in [1.29, 1.82) is 0 Å². The van der Waals surface area contributed by atoms with Crippen LogP contribution in [0.15, 0.2) is 116 Å². The van der Waals surface area contributed by atoms with Crippen LogP contribution in [0.5, 0.6) is 0 Å². The summed E-state index contributed by atoms with van der Waals surface area (Å²) in [4.78, 5) is 13.8. The second kappa shape index (κ2) is 8.71. The molecule has 168 valence electrons. The van der Waals surface area contributed by atoms with Crippen LogP contribution in [-0.2, 0) is 15.7 Å². The number of carboxylic acids is 1. The van der Waals surface area contributed by atoms with E-state index in [9.17, 15) is 33.5 Å². The van der Waals surface area contributed by atoms with E-state index in [0.717, 1.165) is 0 Å². The Morgan fingerprint density at radius 3 is 1.25 bits per heavy atom. The van der Waals surface area contributed by atoms with Gasteiger partial charge in [0, 0.05) is 0 Å². The summed E-state index contributed by atoms with van der Waals surface area (Å²) in [6.45, 7) is 0. The molecule has 1 unspecified atom stereocenters. The Hall–Kier alpha value is -2.64. The van der Waals surface area contributed by atoms with Crippen molar-refractivity contribution >= 4 is 30.7 Å². The van der Waals surface area contributed by atoms with Crippen molar-refractivity contribution in [2.24, 2.45) is 0 Å². The van der Waals surface area contributed by atoms with E-state index in [4.69, 9.17) is 0 Å². The zero-order chi connectivity index (χ0) is 23.6. The van der Waals surface area contributed by atoms with Crippen molar-refractivity contribution < 1.29 is 33.5 Å². The van der Waals surface area contributed by atoms with Crippen molar-refractivity contribution in [3.05, 3.63) is 101 Å². The number of rotatable bonds is 4. The van der Waals surface area contributed by atoms with E-state index < -0.39 is 34.7 Å². The van der Waals surface area contributed by atoms with Crippen LogP contribution in [0.4, 0.5) is 23.6 Å². The monoisotopic (exact) mass is 532 g/mol. The van der Waals surface area contributed by atoms with Crippen LogP contribution in [0.1, 0.15) is 0 Å². The number of hydrogen-bond acceptors (Lipinski definition) is 2.